The lowest BCUT2D eigenvalue weighted by Crippen LogP contribution is -2.49. The minimum absolute atomic E-state index is 0.150. The average Bonchev–Trinajstić information content (AvgIpc) is 2.36. The molecule has 1 aromatic rings. The standard InChI is InChI=1S/C15H22N4O/c1-2-20-14-18-12(17-13(16)19-14)15-6-9-3-10(7-15)5-11(4-9)8-15/h9-11H,2-8H2,1H3,(H2,16,17,18,19). The molecule has 4 fully saturated rings. The van der Waals surface area contributed by atoms with Crippen molar-refractivity contribution in [1.82, 2.24) is 15.0 Å². The third-order valence-electron chi connectivity index (χ3n) is 5.42. The summed E-state index contributed by atoms with van der Waals surface area (Å²) in [5.74, 6) is 3.81. The molecular formula is C15H22N4O. The summed E-state index contributed by atoms with van der Waals surface area (Å²) >= 11 is 0. The van der Waals surface area contributed by atoms with Gasteiger partial charge >= 0.3 is 6.01 Å². The van der Waals surface area contributed by atoms with Gasteiger partial charge in [-0.3, -0.25) is 0 Å². The van der Waals surface area contributed by atoms with E-state index in [-0.39, 0.29) is 5.41 Å². The van der Waals surface area contributed by atoms with Gasteiger partial charge in [0.05, 0.1) is 6.61 Å². The molecule has 0 radical (unpaired) electrons. The molecule has 1 heterocycles. The first-order chi connectivity index (χ1) is 9.67. The molecule has 0 amide bonds. The van der Waals surface area contributed by atoms with E-state index in [1.165, 1.54) is 38.5 Å². The van der Waals surface area contributed by atoms with Crippen molar-refractivity contribution in [3.05, 3.63) is 5.82 Å². The number of ether oxygens (including phenoxy) is 1. The molecule has 5 heteroatoms. The van der Waals surface area contributed by atoms with Gasteiger partial charge in [-0.05, 0) is 63.2 Å². The molecule has 1 aromatic heterocycles. The number of hydrogen-bond donors (Lipinski definition) is 1. The maximum atomic E-state index is 5.87. The predicted octanol–water partition coefficient (Wildman–Crippen LogP) is 2.32. The fraction of sp³-hybridized carbons (Fsp3) is 0.800. The molecule has 0 spiro atoms. The highest BCUT2D eigenvalue weighted by molar-refractivity contribution is 5.25. The van der Waals surface area contributed by atoms with Crippen LogP contribution in [0.15, 0.2) is 0 Å². The maximum absolute atomic E-state index is 5.87. The van der Waals surface area contributed by atoms with Gasteiger partial charge in [0.2, 0.25) is 5.95 Å². The van der Waals surface area contributed by atoms with Crippen LogP contribution in [0.4, 0.5) is 5.95 Å². The Hall–Kier alpha value is -1.39. The zero-order valence-electron chi connectivity index (χ0n) is 12.0. The molecule has 0 saturated heterocycles. The number of nitrogen functional groups attached to an aromatic ring is 1. The molecule has 4 bridgehead atoms. The first-order valence-corrected chi connectivity index (χ1v) is 7.82. The van der Waals surface area contributed by atoms with E-state index in [4.69, 9.17) is 10.5 Å². The van der Waals surface area contributed by atoms with Gasteiger partial charge in [0.1, 0.15) is 5.82 Å². The number of hydrogen-bond acceptors (Lipinski definition) is 5. The molecule has 5 rings (SSSR count). The smallest absolute Gasteiger partial charge is 0.321 e. The van der Waals surface area contributed by atoms with Crippen LogP contribution in [0, 0.1) is 17.8 Å². The van der Waals surface area contributed by atoms with E-state index in [2.05, 4.69) is 15.0 Å². The molecule has 0 aromatic carbocycles. The van der Waals surface area contributed by atoms with E-state index in [0.29, 0.717) is 18.6 Å². The van der Waals surface area contributed by atoms with E-state index in [9.17, 15) is 0 Å². The summed E-state index contributed by atoms with van der Waals surface area (Å²) in [5.41, 5.74) is 6.02. The van der Waals surface area contributed by atoms with E-state index in [0.717, 1.165) is 23.6 Å². The highest BCUT2D eigenvalue weighted by Gasteiger charge is 2.53. The lowest BCUT2D eigenvalue weighted by atomic mass is 9.49. The first-order valence-electron chi connectivity index (χ1n) is 7.82. The third-order valence-corrected chi connectivity index (χ3v) is 5.42. The van der Waals surface area contributed by atoms with Gasteiger partial charge in [0, 0.05) is 5.41 Å². The Morgan fingerprint density at radius 3 is 2.20 bits per heavy atom. The van der Waals surface area contributed by atoms with Crippen molar-refractivity contribution in [1.29, 1.82) is 0 Å². The maximum Gasteiger partial charge on any atom is 0.321 e. The van der Waals surface area contributed by atoms with Crippen LogP contribution in [0.2, 0.25) is 0 Å². The fourth-order valence-electron chi connectivity index (χ4n) is 5.19. The Labute approximate surface area is 119 Å². The van der Waals surface area contributed by atoms with E-state index >= 15 is 0 Å². The highest BCUT2D eigenvalue weighted by Crippen LogP contribution is 2.60. The summed E-state index contributed by atoms with van der Waals surface area (Å²) in [6.07, 6.45) is 7.93. The van der Waals surface area contributed by atoms with Crippen molar-refractivity contribution in [2.45, 2.75) is 50.9 Å². The van der Waals surface area contributed by atoms with E-state index in [1.807, 2.05) is 6.92 Å². The molecule has 108 valence electrons. The lowest BCUT2D eigenvalue weighted by molar-refractivity contribution is -0.00975. The van der Waals surface area contributed by atoms with Gasteiger partial charge < -0.3 is 10.5 Å². The van der Waals surface area contributed by atoms with Gasteiger partial charge in [-0.2, -0.15) is 15.0 Å². The van der Waals surface area contributed by atoms with Gasteiger partial charge in [-0.15, -0.1) is 0 Å². The number of rotatable bonds is 3. The zero-order chi connectivity index (χ0) is 13.7. The Kier molecular flexibility index (Phi) is 2.66. The average molecular weight is 274 g/mol. The minimum Gasteiger partial charge on any atom is -0.464 e. The van der Waals surface area contributed by atoms with Crippen LogP contribution in [-0.2, 0) is 5.41 Å². The topological polar surface area (TPSA) is 73.9 Å². The quantitative estimate of drug-likeness (QED) is 0.915. The Bertz CT molecular complexity index is 495. The van der Waals surface area contributed by atoms with Gasteiger partial charge in [-0.1, -0.05) is 0 Å². The minimum atomic E-state index is 0.150. The fourth-order valence-corrected chi connectivity index (χ4v) is 5.19. The Balaban J connectivity index is 1.73. The summed E-state index contributed by atoms with van der Waals surface area (Å²) in [6.45, 7) is 2.49. The first kappa shape index (κ1) is 12.4. The van der Waals surface area contributed by atoms with Crippen molar-refractivity contribution in [2.24, 2.45) is 17.8 Å². The van der Waals surface area contributed by atoms with Crippen LogP contribution >= 0.6 is 0 Å². The summed E-state index contributed by atoms with van der Waals surface area (Å²) in [5, 5.41) is 0. The lowest BCUT2D eigenvalue weighted by Gasteiger charge is -2.55. The van der Waals surface area contributed by atoms with Crippen molar-refractivity contribution in [3.8, 4) is 6.01 Å². The predicted molar refractivity (Wildman–Crippen MR) is 75.3 cm³/mol. The molecule has 4 saturated carbocycles. The molecular weight excluding hydrogens is 252 g/mol. The van der Waals surface area contributed by atoms with Crippen molar-refractivity contribution < 1.29 is 4.74 Å². The van der Waals surface area contributed by atoms with Crippen molar-refractivity contribution >= 4 is 5.95 Å². The van der Waals surface area contributed by atoms with Crippen LogP contribution in [0.3, 0.4) is 0 Å². The van der Waals surface area contributed by atoms with Crippen LogP contribution < -0.4 is 10.5 Å². The van der Waals surface area contributed by atoms with Crippen molar-refractivity contribution in [3.63, 3.8) is 0 Å². The molecule has 20 heavy (non-hydrogen) atoms. The summed E-state index contributed by atoms with van der Waals surface area (Å²) in [7, 11) is 0. The van der Waals surface area contributed by atoms with Gasteiger partial charge in [0.15, 0.2) is 0 Å². The molecule has 5 nitrogen and oxygen atoms in total. The SMILES string of the molecule is CCOc1nc(N)nc(C23CC4CC(CC(C4)C2)C3)n1. The monoisotopic (exact) mass is 274 g/mol. The normalized spacial score (nSPS) is 38.1. The largest absolute Gasteiger partial charge is 0.464 e. The van der Waals surface area contributed by atoms with Gasteiger partial charge in [-0.25, -0.2) is 0 Å². The molecule has 4 aliphatic rings. The molecule has 2 N–H and O–H groups in total. The molecule has 0 unspecified atom stereocenters. The Morgan fingerprint density at radius 1 is 1.05 bits per heavy atom. The highest BCUT2D eigenvalue weighted by atomic mass is 16.5. The van der Waals surface area contributed by atoms with E-state index in [1.54, 1.807) is 0 Å². The second kappa shape index (κ2) is 4.30. The summed E-state index contributed by atoms with van der Waals surface area (Å²) < 4.78 is 5.45. The number of nitrogens with two attached hydrogens (primary N) is 1. The summed E-state index contributed by atoms with van der Waals surface area (Å²) in [4.78, 5) is 13.2. The molecule has 4 aliphatic carbocycles. The van der Waals surface area contributed by atoms with Crippen LogP contribution in [0.25, 0.3) is 0 Å². The van der Waals surface area contributed by atoms with Crippen LogP contribution in [-0.4, -0.2) is 21.6 Å². The number of anilines is 1. The van der Waals surface area contributed by atoms with Crippen LogP contribution in [0.1, 0.15) is 51.3 Å². The van der Waals surface area contributed by atoms with Crippen molar-refractivity contribution in [2.75, 3.05) is 12.3 Å². The second-order valence-corrected chi connectivity index (χ2v) is 6.93. The Morgan fingerprint density at radius 2 is 1.65 bits per heavy atom. The molecule has 0 aliphatic heterocycles. The van der Waals surface area contributed by atoms with Gasteiger partial charge in [0.25, 0.3) is 0 Å². The number of aromatic nitrogens is 3. The molecule has 0 atom stereocenters. The number of nitrogens with zero attached hydrogens (tertiary/aromatic N) is 3. The summed E-state index contributed by atoms with van der Waals surface area (Å²) in [6, 6.07) is 0.394. The zero-order valence-corrected chi connectivity index (χ0v) is 12.0. The van der Waals surface area contributed by atoms with E-state index < -0.39 is 0 Å². The second-order valence-electron chi connectivity index (χ2n) is 6.93. The van der Waals surface area contributed by atoms with Crippen LogP contribution in [0.5, 0.6) is 6.01 Å². The third kappa shape index (κ3) is 1.86.